The Hall–Kier alpha value is -1.72. The van der Waals surface area contributed by atoms with E-state index in [9.17, 15) is 18.4 Å². The van der Waals surface area contributed by atoms with Crippen molar-refractivity contribution >= 4 is 11.8 Å². The predicted octanol–water partition coefficient (Wildman–Crippen LogP) is 7.06. The van der Waals surface area contributed by atoms with E-state index in [1.54, 1.807) is 0 Å². The molecule has 0 aliphatic heterocycles. The molecule has 0 unspecified atom stereocenters. The minimum Gasteiger partial charge on any atom is -0.345 e. The van der Waals surface area contributed by atoms with Crippen LogP contribution in [0.1, 0.15) is 112 Å². The van der Waals surface area contributed by atoms with Gasteiger partial charge >= 0.3 is 0 Å². The zero-order valence-corrected chi connectivity index (χ0v) is 20.7. The Morgan fingerprint density at radius 3 is 1.39 bits per heavy atom. The number of halogens is 2. The predicted molar refractivity (Wildman–Crippen MR) is 127 cm³/mol. The van der Waals surface area contributed by atoms with Crippen molar-refractivity contribution in [3.8, 4) is 0 Å². The van der Waals surface area contributed by atoms with E-state index in [-0.39, 0.29) is 12.1 Å². The van der Waals surface area contributed by atoms with E-state index in [2.05, 4.69) is 24.5 Å². The molecule has 0 spiro atoms. The van der Waals surface area contributed by atoms with E-state index < -0.39 is 23.5 Å². The minimum absolute atomic E-state index is 0.335. The van der Waals surface area contributed by atoms with Crippen molar-refractivity contribution in [3.63, 3.8) is 0 Å². The van der Waals surface area contributed by atoms with Crippen molar-refractivity contribution in [2.45, 2.75) is 124 Å². The van der Waals surface area contributed by atoms with E-state index in [4.69, 9.17) is 0 Å². The molecule has 2 amide bonds. The first-order valence-electron chi connectivity index (χ1n) is 12.3. The van der Waals surface area contributed by atoms with Crippen LogP contribution in [0.5, 0.6) is 0 Å². The summed E-state index contributed by atoms with van der Waals surface area (Å²) in [7, 11) is 0. The molecule has 182 valence electrons. The number of carbonyl (C=O) groups excluding carboxylic acids is 2. The van der Waals surface area contributed by atoms with Crippen molar-refractivity contribution in [3.05, 3.63) is 23.8 Å². The fourth-order valence-electron chi connectivity index (χ4n) is 2.77. The summed E-state index contributed by atoms with van der Waals surface area (Å²) in [5, 5.41) is 5.06. The normalized spacial score (nSPS) is 17.5. The molecule has 0 bridgehead atoms. The summed E-state index contributed by atoms with van der Waals surface area (Å²) in [5.41, 5.74) is 0. The number of nitrogens with one attached hydrogen (secondary N) is 2. The Balaban J connectivity index is 0. The average molecular weight is 445 g/mol. The monoisotopic (exact) mass is 444 g/mol. The Kier molecular flexibility index (Phi) is 21.8. The second-order valence-corrected chi connectivity index (χ2v) is 7.20. The molecule has 1 aliphatic carbocycles. The van der Waals surface area contributed by atoms with Gasteiger partial charge in [0, 0.05) is 0 Å². The maximum atomic E-state index is 13.7. The van der Waals surface area contributed by atoms with Crippen LogP contribution in [0.3, 0.4) is 0 Å². The van der Waals surface area contributed by atoms with Crippen LogP contribution in [0.15, 0.2) is 23.8 Å². The quantitative estimate of drug-likeness (QED) is 0.222. The Labute approximate surface area is 189 Å². The van der Waals surface area contributed by atoms with Crippen LogP contribution >= 0.6 is 0 Å². The third kappa shape index (κ3) is 16.6. The molecule has 4 nitrogen and oxygen atoms in total. The number of allylic oxidation sites excluding steroid dienone is 2. The van der Waals surface area contributed by atoms with Crippen LogP contribution in [-0.4, -0.2) is 23.9 Å². The van der Waals surface area contributed by atoms with E-state index in [0.29, 0.717) is 19.3 Å². The summed E-state index contributed by atoms with van der Waals surface area (Å²) in [4.78, 5) is 23.5. The largest absolute Gasteiger partial charge is 0.345 e. The molecule has 0 aromatic carbocycles. The van der Waals surface area contributed by atoms with Gasteiger partial charge in [-0.2, -0.15) is 0 Å². The van der Waals surface area contributed by atoms with E-state index in [1.165, 1.54) is 12.2 Å². The Bertz CT molecular complexity index is 488. The van der Waals surface area contributed by atoms with Gasteiger partial charge in [-0.05, 0) is 44.3 Å². The Morgan fingerprint density at radius 1 is 0.710 bits per heavy atom. The molecule has 1 aliphatic rings. The molecule has 0 radical (unpaired) electrons. The molecule has 0 heterocycles. The molecule has 2 atom stereocenters. The summed E-state index contributed by atoms with van der Waals surface area (Å²) >= 11 is 0. The van der Waals surface area contributed by atoms with Crippen LogP contribution in [0.2, 0.25) is 0 Å². The fourth-order valence-corrected chi connectivity index (χ4v) is 2.77. The molecule has 0 aromatic rings. The highest BCUT2D eigenvalue weighted by Gasteiger charge is 2.40. The maximum Gasteiger partial charge on any atom is 0.279 e. The average Bonchev–Trinajstić information content (AvgIpc) is 3.52. The van der Waals surface area contributed by atoms with Gasteiger partial charge < -0.3 is 10.6 Å². The number of hydrogen-bond donors (Lipinski definition) is 2. The van der Waals surface area contributed by atoms with Gasteiger partial charge in [0.05, 0.1) is 12.1 Å². The van der Waals surface area contributed by atoms with Crippen LogP contribution in [-0.2, 0) is 9.59 Å². The summed E-state index contributed by atoms with van der Waals surface area (Å²) in [5.74, 6) is -3.11. The maximum absolute atomic E-state index is 13.7. The minimum atomic E-state index is -0.790. The molecule has 6 heteroatoms. The molecule has 2 N–H and O–H groups in total. The second kappa shape index (κ2) is 21.5. The number of rotatable bonds is 14. The summed E-state index contributed by atoms with van der Waals surface area (Å²) in [6, 6.07) is -0.670. The Morgan fingerprint density at radius 2 is 1.06 bits per heavy atom. The van der Waals surface area contributed by atoms with Crippen molar-refractivity contribution in [2.24, 2.45) is 0 Å². The molecule has 1 fully saturated rings. The van der Waals surface area contributed by atoms with E-state index in [1.807, 2.05) is 27.7 Å². The lowest BCUT2D eigenvalue weighted by Gasteiger charge is -2.05. The fraction of sp³-hybridized carbons (Fsp3) is 0.760. The highest BCUT2D eigenvalue weighted by Crippen LogP contribution is 2.22. The topological polar surface area (TPSA) is 58.2 Å². The highest BCUT2D eigenvalue weighted by molar-refractivity contribution is 5.93. The number of carbonyl (C=O) groups is 2. The van der Waals surface area contributed by atoms with Crippen molar-refractivity contribution < 1.29 is 18.4 Å². The zero-order chi connectivity index (χ0) is 24.1. The highest BCUT2D eigenvalue weighted by atomic mass is 19.1. The van der Waals surface area contributed by atoms with Gasteiger partial charge in [0.2, 0.25) is 0 Å². The number of amides is 2. The lowest BCUT2D eigenvalue weighted by atomic mass is 10.1. The van der Waals surface area contributed by atoms with Crippen LogP contribution in [0, 0.1) is 0 Å². The lowest BCUT2D eigenvalue weighted by molar-refractivity contribution is -0.120. The molecule has 0 saturated heterocycles. The smallest absolute Gasteiger partial charge is 0.279 e. The summed E-state index contributed by atoms with van der Waals surface area (Å²) in [6.07, 6.45) is 12.4. The van der Waals surface area contributed by atoms with Gasteiger partial charge in [0.25, 0.3) is 11.8 Å². The van der Waals surface area contributed by atoms with E-state index in [0.717, 1.165) is 51.4 Å². The van der Waals surface area contributed by atoms with Crippen molar-refractivity contribution in [2.75, 3.05) is 0 Å². The van der Waals surface area contributed by atoms with Crippen molar-refractivity contribution in [1.82, 2.24) is 10.6 Å². The molecular formula is C25H46F2N2O2. The van der Waals surface area contributed by atoms with Gasteiger partial charge in [-0.25, -0.2) is 8.78 Å². The summed E-state index contributed by atoms with van der Waals surface area (Å²) < 4.78 is 27.5. The van der Waals surface area contributed by atoms with Crippen molar-refractivity contribution in [1.29, 1.82) is 0 Å². The zero-order valence-electron chi connectivity index (χ0n) is 20.7. The number of unbranched alkanes of at least 4 members (excludes halogenated alkanes) is 8. The third-order valence-corrected chi connectivity index (χ3v) is 4.62. The van der Waals surface area contributed by atoms with Gasteiger partial charge in [-0.3, -0.25) is 9.59 Å². The van der Waals surface area contributed by atoms with Gasteiger partial charge in [0.15, 0.2) is 11.7 Å². The standard InChI is InChI=1S/C21H34F2N2O2.2C2H6/c1-3-5-7-9-11-13-16(22)20(26)24-18-15-19(18)25-21(27)17(23)14-12-10-8-6-4-2;2*1-2/h13-14,18-19H,3-12,15H2,1-2H3,(H,24,26)(H,25,27);2*1-2H3/b16-13+,17-14+;;/t18-,19+;;. The molecule has 31 heavy (non-hydrogen) atoms. The first-order chi connectivity index (χ1) is 15.0. The number of hydrogen-bond acceptors (Lipinski definition) is 2. The van der Waals surface area contributed by atoms with Gasteiger partial charge in [0.1, 0.15) is 0 Å². The molecule has 1 rings (SSSR count). The second-order valence-electron chi connectivity index (χ2n) is 7.20. The van der Waals surface area contributed by atoms with E-state index >= 15 is 0 Å². The van der Waals surface area contributed by atoms with Gasteiger partial charge in [-0.1, -0.05) is 80.1 Å². The third-order valence-electron chi connectivity index (χ3n) is 4.62. The molecular weight excluding hydrogens is 398 g/mol. The molecule has 0 aromatic heterocycles. The van der Waals surface area contributed by atoms with Gasteiger partial charge in [-0.15, -0.1) is 0 Å². The van der Waals surface area contributed by atoms with Crippen LogP contribution in [0.4, 0.5) is 8.78 Å². The van der Waals surface area contributed by atoms with Crippen LogP contribution in [0.25, 0.3) is 0 Å². The lowest BCUT2D eigenvalue weighted by Crippen LogP contribution is -2.35. The SMILES string of the molecule is CC.CC.CCCCCC/C=C(/F)C(=O)N[C@H]1C[C@H]1NC(=O)/C(F)=C\CCCCCC. The molecule has 1 saturated carbocycles. The summed E-state index contributed by atoms with van der Waals surface area (Å²) in [6.45, 7) is 12.2. The first kappa shape index (κ1) is 31.5. The van der Waals surface area contributed by atoms with Crippen LogP contribution < -0.4 is 10.6 Å². The first-order valence-corrected chi connectivity index (χ1v) is 12.3.